The van der Waals surface area contributed by atoms with Gasteiger partial charge < -0.3 is 5.73 Å². The van der Waals surface area contributed by atoms with Crippen LogP contribution < -0.4 is 5.73 Å². The van der Waals surface area contributed by atoms with Crippen molar-refractivity contribution in [2.45, 2.75) is 12.3 Å². The van der Waals surface area contributed by atoms with Crippen LogP contribution in [0.1, 0.15) is 23.5 Å². The summed E-state index contributed by atoms with van der Waals surface area (Å²) < 4.78 is 0. The van der Waals surface area contributed by atoms with E-state index >= 15 is 0 Å². The van der Waals surface area contributed by atoms with Crippen LogP contribution in [0.2, 0.25) is 0 Å². The smallest absolute Gasteiger partial charge is 0.0991 e. The molecule has 0 heterocycles. The van der Waals surface area contributed by atoms with Crippen molar-refractivity contribution in [3.8, 4) is 6.07 Å². The molecule has 2 unspecified atom stereocenters. The number of nitrogens with two attached hydrogens (primary N) is 1. The molecule has 2 atom stereocenters. The highest BCUT2D eigenvalue weighted by Crippen LogP contribution is 2.46. The lowest BCUT2D eigenvalue weighted by Crippen LogP contribution is -2.01. The third-order valence-electron chi connectivity index (χ3n) is 2.67. The van der Waals surface area contributed by atoms with Crippen molar-refractivity contribution < 1.29 is 0 Å². The monoisotopic (exact) mass is 172 g/mol. The molecule has 0 aliphatic heterocycles. The van der Waals surface area contributed by atoms with Crippen molar-refractivity contribution in [2.75, 3.05) is 6.54 Å². The summed E-state index contributed by atoms with van der Waals surface area (Å²) in [6, 6.07) is 9.99. The fourth-order valence-electron chi connectivity index (χ4n) is 1.76. The Hall–Kier alpha value is -1.33. The maximum atomic E-state index is 8.71. The molecule has 0 radical (unpaired) electrons. The molecule has 1 aliphatic rings. The van der Waals surface area contributed by atoms with E-state index in [1.807, 2.05) is 18.2 Å². The minimum absolute atomic E-state index is 0.610. The zero-order valence-corrected chi connectivity index (χ0v) is 7.40. The molecule has 0 bridgehead atoms. The number of nitrogens with zero attached hydrogens (tertiary/aromatic N) is 1. The Morgan fingerprint density at radius 3 is 3.00 bits per heavy atom. The molecule has 1 fully saturated rings. The molecule has 0 saturated heterocycles. The quantitative estimate of drug-likeness (QED) is 0.737. The number of hydrogen-bond donors (Lipinski definition) is 1. The van der Waals surface area contributed by atoms with Gasteiger partial charge in [0, 0.05) is 0 Å². The van der Waals surface area contributed by atoms with Gasteiger partial charge in [-0.3, -0.25) is 0 Å². The molecule has 66 valence electrons. The van der Waals surface area contributed by atoms with E-state index in [4.69, 9.17) is 11.0 Å². The van der Waals surface area contributed by atoms with Gasteiger partial charge in [-0.05, 0) is 42.5 Å². The fourth-order valence-corrected chi connectivity index (χ4v) is 1.76. The second kappa shape index (κ2) is 3.20. The standard InChI is InChI=1S/C11H12N2/c12-6-8-2-1-3-9(4-8)11-5-10(11)7-13/h1-4,10-11H,5,7,13H2. The first-order valence-corrected chi connectivity index (χ1v) is 4.55. The van der Waals surface area contributed by atoms with Crippen LogP contribution >= 0.6 is 0 Å². The molecule has 2 N–H and O–H groups in total. The molecule has 13 heavy (non-hydrogen) atoms. The Bertz CT molecular complexity index is 351. The van der Waals surface area contributed by atoms with E-state index in [0.717, 1.165) is 12.1 Å². The molecule has 0 amide bonds. The van der Waals surface area contributed by atoms with E-state index in [0.29, 0.717) is 11.8 Å². The second-order valence-corrected chi connectivity index (χ2v) is 3.58. The first kappa shape index (κ1) is 8.28. The van der Waals surface area contributed by atoms with Gasteiger partial charge in [-0.1, -0.05) is 12.1 Å². The minimum Gasteiger partial charge on any atom is -0.330 e. The third kappa shape index (κ3) is 1.56. The van der Waals surface area contributed by atoms with Crippen LogP contribution in [0.3, 0.4) is 0 Å². The number of benzene rings is 1. The average molecular weight is 172 g/mol. The summed E-state index contributed by atoms with van der Waals surface area (Å²) >= 11 is 0. The molecule has 0 spiro atoms. The Kier molecular flexibility index (Phi) is 2.03. The van der Waals surface area contributed by atoms with E-state index in [1.54, 1.807) is 0 Å². The Morgan fingerprint density at radius 1 is 1.54 bits per heavy atom. The van der Waals surface area contributed by atoms with E-state index in [1.165, 1.54) is 12.0 Å². The number of nitriles is 1. The molecule has 2 rings (SSSR count). The Morgan fingerprint density at radius 2 is 2.38 bits per heavy atom. The van der Waals surface area contributed by atoms with Crippen LogP contribution in [-0.2, 0) is 0 Å². The van der Waals surface area contributed by atoms with Crippen molar-refractivity contribution in [2.24, 2.45) is 11.7 Å². The van der Waals surface area contributed by atoms with Gasteiger partial charge in [-0.25, -0.2) is 0 Å². The van der Waals surface area contributed by atoms with Crippen LogP contribution in [0.5, 0.6) is 0 Å². The summed E-state index contributed by atoms with van der Waals surface area (Å²) in [5, 5.41) is 8.71. The van der Waals surface area contributed by atoms with Crippen LogP contribution in [0.15, 0.2) is 24.3 Å². The maximum Gasteiger partial charge on any atom is 0.0991 e. The SMILES string of the molecule is N#Cc1cccc(C2CC2CN)c1. The highest BCUT2D eigenvalue weighted by Gasteiger charge is 2.36. The van der Waals surface area contributed by atoms with Crippen LogP contribution in [-0.4, -0.2) is 6.54 Å². The van der Waals surface area contributed by atoms with Gasteiger partial charge in [-0.2, -0.15) is 5.26 Å². The maximum absolute atomic E-state index is 8.71. The molecular formula is C11H12N2. The fraction of sp³-hybridized carbons (Fsp3) is 0.364. The molecule has 1 saturated carbocycles. The normalized spacial score (nSPS) is 25.2. The molecule has 1 aliphatic carbocycles. The van der Waals surface area contributed by atoms with Crippen LogP contribution in [0, 0.1) is 17.2 Å². The Balaban J connectivity index is 2.19. The summed E-state index contributed by atoms with van der Waals surface area (Å²) in [6.45, 7) is 0.765. The highest BCUT2D eigenvalue weighted by molar-refractivity contribution is 5.36. The lowest BCUT2D eigenvalue weighted by molar-refractivity contribution is 0.809. The van der Waals surface area contributed by atoms with Crippen LogP contribution in [0.4, 0.5) is 0 Å². The molecule has 1 aromatic rings. The minimum atomic E-state index is 0.610. The van der Waals surface area contributed by atoms with Gasteiger partial charge in [0.15, 0.2) is 0 Å². The van der Waals surface area contributed by atoms with Crippen molar-refractivity contribution in [3.63, 3.8) is 0 Å². The van der Waals surface area contributed by atoms with E-state index < -0.39 is 0 Å². The van der Waals surface area contributed by atoms with E-state index in [-0.39, 0.29) is 0 Å². The van der Waals surface area contributed by atoms with Gasteiger partial charge in [0.05, 0.1) is 11.6 Å². The molecule has 0 aromatic heterocycles. The van der Waals surface area contributed by atoms with Gasteiger partial charge in [0.2, 0.25) is 0 Å². The van der Waals surface area contributed by atoms with Crippen molar-refractivity contribution in [1.82, 2.24) is 0 Å². The van der Waals surface area contributed by atoms with Gasteiger partial charge in [-0.15, -0.1) is 0 Å². The summed E-state index contributed by atoms with van der Waals surface area (Å²) in [5.74, 6) is 1.26. The lowest BCUT2D eigenvalue weighted by Gasteiger charge is -1.98. The second-order valence-electron chi connectivity index (χ2n) is 3.58. The van der Waals surface area contributed by atoms with Crippen molar-refractivity contribution in [1.29, 1.82) is 5.26 Å². The average Bonchev–Trinajstić information content (AvgIpc) is 2.97. The first-order valence-electron chi connectivity index (χ1n) is 4.55. The van der Waals surface area contributed by atoms with E-state index in [2.05, 4.69) is 12.1 Å². The zero-order chi connectivity index (χ0) is 9.26. The predicted octanol–water partition coefficient (Wildman–Crippen LogP) is 1.62. The highest BCUT2D eigenvalue weighted by atomic mass is 14.6. The zero-order valence-electron chi connectivity index (χ0n) is 7.40. The Labute approximate surface area is 78.0 Å². The summed E-state index contributed by atoms with van der Waals surface area (Å²) in [7, 11) is 0. The lowest BCUT2D eigenvalue weighted by atomic mass is 10.1. The predicted molar refractivity (Wildman–Crippen MR) is 51.1 cm³/mol. The summed E-state index contributed by atoms with van der Waals surface area (Å²) in [5.41, 5.74) is 7.59. The van der Waals surface area contributed by atoms with Crippen LogP contribution in [0.25, 0.3) is 0 Å². The number of rotatable bonds is 2. The van der Waals surface area contributed by atoms with Gasteiger partial charge >= 0.3 is 0 Å². The first-order chi connectivity index (χ1) is 6.35. The molecule has 1 aromatic carbocycles. The van der Waals surface area contributed by atoms with Gasteiger partial charge in [0.1, 0.15) is 0 Å². The van der Waals surface area contributed by atoms with Gasteiger partial charge in [0.25, 0.3) is 0 Å². The molecular weight excluding hydrogens is 160 g/mol. The topological polar surface area (TPSA) is 49.8 Å². The number of hydrogen-bond acceptors (Lipinski definition) is 2. The van der Waals surface area contributed by atoms with Crippen molar-refractivity contribution >= 4 is 0 Å². The summed E-state index contributed by atoms with van der Waals surface area (Å²) in [6.07, 6.45) is 1.19. The van der Waals surface area contributed by atoms with E-state index in [9.17, 15) is 0 Å². The largest absolute Gasteiger partial charge is 0.330 e. The molecule has 2 heteroatoms. The third-order valence-corrected chi connectivity index (χ3v) is 2.67. The summed E-state index contributed by atoms with van der Waals surface area (Å²) in [4.78, 5) is 0. The molecule has 2 nitrogen and oxygen atoms in total. The van der Waals surface area contributed by atoms with Crippen molar-refractivity contribution in [3.05, 3.63) is 35.4 Å².